The Hall–Kier alpha value is -5.41. The maximum absolute atomic E-state index is 12.8. The number of piperidine rings is 1. The molecule has 1 fully saturated rings. The van der Waals surface area contributed by atoms with E-state index in [-0.39, 0.29) is 23.1 Å². The van der Waals surface area contributed by atoms with Crippen LogP contribution in [0.4, 0.5) is 5.82 Å². The molecule has 2 aromatic heterocycles. The molecule has 1 amide bonds. The first-order valence-corrected chi connectivity index (χ1v) is 15.4. The summed E-state index contributed by atoms with van der Waals surface area (Å²) in [6.45, 7) is 6.44. The number of likely N-dealkylation sites (tertiary alicyclic amines) is 1. The Morgan fingerprint density at radius 3 is 2.30 bits per heavy atom. The van der Waals surface area contributed by atoms with E-state index in [9.17, 15) is 14.7 Å². The number of nitrogens with one attached hydrogen (secondary N) is 2. The molecule has 1 aliphatic heterocycles. The lowest BCUT2D eigenvalue weighted by Gasteiger charge is -2.32. The van der Waals surface area contributed by atoms with E-state index < -0.39 is 5.97 Å². The molecular formula is C37H36N6O3. The van der Waals surface area contributed by atoms with E-state index >= 15 is 0 Å². The topological polar surface area (TPSA) is 124 Å². The summed E-state index contributed by atoms with van der Waals surface area (Å²) in [5.74, 6) is -0.802. The van der Waals surface area contributed by atoms with Gasteiger partial charge in [-0.3, -0.25) is 19.8 Å². The number of rotatable bonds is 9. The van der Waals surface area contributed by atoms with Crippen molar-refractivity contribution in [3.8, 4) is 22.4 Å². The number of carboxylic acids is 1. The first-order valence-electron chi connectivity index (χ1n) is 15.4. The molecule has 0 bridgehead atoms. The van der Waals surface area contributed by atoms with Crippen molar-refractivity contribution in [2.24, 2.45) is 4.99 Å². The zero-order chi connectivity index (χ0) is 32.0. The van der Waals surface area contributed by atoms with Gasteiger partial charge in [-0.15, -0.1) is 0 Å². The summed E-state index contributed by atoms with van der Waals surface area (Å²) < 4.78 is 0. The molecule has 0 aliphatic carbocycles. The molecule has 46 heavy (non-hydrogen) atoms. The number of carbonyl (C=O) groups excluding carboxylic acids is 1. The van der Waals surface area contributed by atoms with Crippen LogP contribution in [0.1, 0.15) is 56.1 Å². The first-order chi connectivity index (χ1) is 22.3. The molecule has 3 heterocycles. The first kappa shape index (κ1) is 30.6. The van der Waals surface area contributed by atoms with E-state index in [1.165, 1.54) is 11.6 Å². The number of hydrogen-bond donors (Lipinski definition) is 3. The Labute approximate surface area is 268 Å². The number of amides is 1. The summed E-state index contributed by atoms with van der Waals surface area (Å²) in [5, 5.41) is 19.6. The molecule has 0 unspecified atom stereocenters. The van der Waals surface area contributed by atoms with Crippen molar-refractivity contribution in [2.45, 2.75) is 39.3 Å². The maximum Gasteiger partial charge on any atom is 0.336 e. The number of aromatic amines is 1. The van der Waals surface area contributed by atoms with E-state index in [0.29, 0.717) is 5.82 Å². The number of benzene rings is 3. The van der Waals surface area contributed by atoms with Gasteiger partial charge in [0.1, 0.15) is 0 Å². The lowest BCUT2D eigenvalue weighted by Crippen LogP contribution is -2.44. The lowest BCUT2D eigenvalue weighted by molar-refractivity contribution is 0.0689. The molecule has 0 radical (unpaired) electrons. The van der Waals surface area contributed by atoms with Crippen LogP contribution in [0.3, 0.4) is 0 Å². The number of aliphatic imine (C=N–C) groups is 1. The molecule has 1 saturated heterocycles. The average molecular weight is 613 g/mol. The van der Waals surface area contributed by atoms with Crippen LogP contribution in [0.5, 0.6) is 0 Å². The van der Waals surface area contributed by atoms with E-state index in [1.807, 2.05) is 44.3 Å². The molecular weight excluding hydrogens is 576 g/mol. The second-order valence-corrected chi connectivity index (χ2v) is 11.7. The van der Waals surface area contributed by atoms with Crippen molar-refractivity contribution in [1.82, 2.24) is 25.4 Å². The summed E-state index contributed by atoms with van der Waals surface area (Å²) >= 11 is 0. The molecule has 1 aliphatic rings. The standard InChI is InChI=1S/C37H36N6O3/c1-24-20-34(42-41-24)38-22-29-21-33(27-8-4-3-5-9-27)35(39-25(29)2)28-14-12-26(13-15-28)23-43-18-16-30(17-19-43)40-36(44)31-10-6-7-11-32(31)37(45)46/h3-15,20-22,30H,16-19,23H2,1-2H3,(H,40,44)(H,41,42)(H,45,46). The highest BCUT2D eigenvalue weighted by molar-refractivity contribution is 6.04. The number of aromatic carboxylic acids is 1. The number of carboxylic acid groups (broad SMARTS) is 1. The second-order valence-electron chi connectivity index (χ2n) is 11.7. The Bertz CT molecular complexity index is 1870. The minimum absolute atomic E-state index is 0.00937. The monoisotopic (exact) mass is 612 g/mol. The van der Waals surface area contributed by atoms with Gasteiger partial charge < -0.3 is 10.4 Å². The summed E-state index contributed by atoms with van der Waals surface area (Å²) in [6, 6.07) is 29.2. The number of hydrogen-bond acceptors (Lipinski definition) is 6. The predicted molar refractivity (Wildman–Crippen MR) is 180 cm³/mol. The van der Waals surface area contributed by atoms with Crippen molar-refractivity contribution >= 4 is 23.9 Å². The fraction of sp³-hybridized carbons (Fsp3) is 0.216. The van der Waals surface area contributed by atoms with E-state index in [2.05, 4.69) is 67.9 Å². The molecule has 3 N–H and O–H groups in total. The fourth-order valence-corrected chi connectivity index (χ4v) is 5.81. The Kier molecular flexibility index (Phi) is 9.12. The van der Waals surface area contributed by atoms with Gasteiger partial charge in [0.15, 0.2) is 5.82 Å². The van der Waals surface area contributed by atoms with Gasteiger partial charge >= 0.3 is 5.97 Å². The van der Waals surface area contributed by atoms with Crippen LogP contribution >= 0.6 is 0 Å². The Balaban J connectivity index is 1.13. The normalized spacial score (nSPS) is 14.0. The predicted octanol–water partition coefficient (Wildman–Crippen LogP) is 6.60. The third kappa shape index (κ3) is 7.11. The molecule has 3 aromatic carbocycles. The van der Waals surface area contributed by atoms with Gasteiger partial charge in [-0.1, -0.05) is 66.7 Å². The molecule has 232 valence electrons. The summed E-state index contributed by atoms with van der Waals surface area (Å²) in [5.41, 5.74) is 8.29. The molecule has 9 nitrogen and oxygen atoms in total. The van der Waals surface area contributed by atoms with Crippen LogP contribution in [0.25, 0.3) is 22.4 Å². The Morgan fingerprint density at radius 1 is 0.935 bits per heavy atom. The van der Waals surface area contributed by atoms with Gasteiger partial charge in [-0.25, -0.2) is 9.79 Å². The van der Waals surface area contributed by atoms with Crippen LogP contribution in [0, 0.1) is 13.8 Å². The fourth-order valence-electron chi connectivity index (χ4n) is 5.81. The van der Waals surface area contributed by atoms with Crippen molar-refractivity contribution in [2.75, 3.05) is 13.1 Å². The van der Waals surface area contributed by atoms with Gasteiger partial charge in [0, 0.05) is 66.0 Å². The van der Waals surface area contributed by atoms with Crippen molar-refractivity contribution in [3.63, 3.8) is 0 Å². The number of aromatic nitrogens is 3. The number of H-pyrrole nitrogens is 1. The van der Waals surface area contributed by atoms with Gasteiger partial charge in [-0.2, -0.15) is 5.10 Å². The molecule has 0 spiro atoms. The van der Waals surface area contributed by atoms with Gasteiger partial charge in [0.2, 0.25) is 0 Å². The van der Waals surface area contributed by atoms with Crippen molar-refractivity contribution in [3.05, 3.63) is 125 Å². The molecule has 5 aromatic rings. The van der Waals surface area contributed by atoms with Crippen LogP contribution in [0.2, 0.25) is 0 Å². The average Bonchev–Trinajstić information content (AvgIpc) is 3.50. The lowest BCUT2D eigenvalue weighted by atomic mass is 9.96. The van der Waals surface area contributed by atoms with Crippen molar-refractivity contribution in [1.29, 1.82) is 0 Å². The minimum atomic E-state index is -1.10. The smallest absolute Gasteiger partial charge is 0.336 e. The van der Waals surface area contributed by atoms with Gasteiger partial charge in [-0.05, 0) is 56.0 Å². The summed E-state index contributed by atoms with van der Waals surface area (Å²) in [4.78, 5) is 36.3. The van der Waals surface area contributed by atoms with Crippen LogP contribution in [-0.4, -0.2) is 62.4 Å². The summed E-state index contributed by atoms with van der Waals surface area (Å²) in [7, 11) is 0. The van der Waals surface area contributed by atoms with E-state index in [4.69, 9.17) is 4.98 Å². The van der Waals surface area contributed by atoms with Crippen LogP contribution in [-0.2, 0) is 6.54 Å². The van der Waals surface area contributed by atoms with Crippen molar-refractivity contribution < 1.29 is 14.7 Å². The number of carbonyl (C=O) groups is 2. The minimum Gasteiger partial charge on any atom is -0.478 e. The third-order valence-corrected chi connectivity index (χ3v) is 8.32. The molecule has 6 rings (SSSR count). The highest BCUT2D eigenvalue weighted by Gasteiger charge is 2.23. The second kappa shape index (κ2) is 13.7. The highest BCUT2D eigenvalue weighted by atomic mass is 16.4. The van der Waals surface area contributed by atoms with Gasteiger partial charge in [0.25, 0.3) is 5.91 Å². The van der Waals surface area contributed by atoms with Gasteiger partial charge in [0.05, 0.1) is 16.8 Å². The quantitative estimate of drug-likeness (QED) is 0.161. The Morgan fingerprint density at radius 2 is 1.63 bits per heavy atom. The zero-order valence-corrected chi connectivity index (χ0v) is 25.9. The number of aryl methyl sites for hydroxylation is 2. The zero-order valence-electron chi connectivity index (χ0n) is 25.9. The number of pyridine rings is 1. The van der Waals surface area contributed by atoms with Crippen LogP contribution in [0.15, 0.2) is 96.0 Å². The molecule has 9 heteroatoms. The highest BCUT2D eigenvalue weighted by Crippen LogP contribution is 2.32. The van der Waals surface area contributed by atoms with E-state index in [1.54, 1.807) is 18.2 Å². The SMILES string of the molecule is Cc1cc(N=Cc2cc(-c3ccccc3)c(-c3ccc(CN4CCC(NC(=O)c5ccccc5C(=O)O)CC4)cc3)nc2C)n[nH]1. The third-order valence-electron chi connectivity index (χ3n) is 8.32. The van der Waals surface area contributed by atoms with E-state index in [0.717, 1.165) is 71.8 Å². The summed E-state index contributed by atoms with van der Waals surface area (Å²) in [6.07, 6.45) is 3.43. The van der Waals surface area contributed by atoms with Crippen LogP contribution < -0.4 is 5.32 Å². The number of nitrogens with zero attached hydrogens (tertiary/aromatic N) is 4. The largest absolute Gasteiger partial charge is 0.478 e. The molecule has 0 saturated carbocycles. The molecule has 0 atom stereocenters. The maximum atomic E-state index is 12.8.